The van der Waals surface area contributed by atoms with E-state index in [9.17, 15) is 0 Å². The average Bonchev–Trinajstić information content (AvgIpc) is 2.79. The molecule has 0 saturated carbocycles. The molecular weight excluding hydrogens is 374 g/mol. The van der Waals surface area contributed by atoms with Crippen LogP contribution in [0.3, 0.4) is 0 Å². The molecule has 0 heterocycles. The number of hydrogen-bond acceptors (Lipinski definition) is 1. The molecule has 3 rings (SSSR count). The summed E-state index contributed by atoms with van der Waals surface area (Å²) in [5.41, 5.74) is 9.41. The number of para-hydroxylation sites is 1. The quantitative estimate of drug-likeness (QED) is 0.322. The third-order valence-electron chi connectivity index (χ3n) is 5.78. The molecular formula is C30H37N. The molecule has 0 atom stereocenters. The number of unbranched alkanes of at least 4 members (excludes halogenated alkanes) is 2. The van der Waals surface area contributed by atoms with Crippen molar-refractivity contribution >= 4 is 17.5 Å². The third-order valence-corrected chi connectivity index (χ3v) is 5.78. The van der Waals surface area contributed by atoms with E-state index in [2.05, 4.69) is 112 Å². The fourth-order valence-electron chi connectivity index (χ4n) is 4.08. The number of nitrogens with zero attached hydrogens (tertiary/aromatic N) is 1. The maximum absolute atomic E-state index is 2.41. The van der Waals surface area contributed by atoms with Gasteiger partial charge in [0.15, 0.2) is 0 Å². The summed E-state index contributed by atoms with van der Waals surface area (Å²) in [6.45, 7) is 8.93. The molecule has 1 nitrogen and oxygen atoms in total. The molecule has 0 aromatic heterocycles. The summed E-state index contributed by atoms with van der Waals surface area (Å²) in [5.74, 6) is 0. The molecule has 0 unspecified atom stereocenters. The predicted octanol–water partition coefficient (Wildman–Crippen LogP) is 8.80. The largest absolute Gasteiger partial charge is 0.317 e. The summed E-state index contributed by atoms with van der Waals surface area (Å²) < 4.78 is 0. The Morgan fingerprint density at radius 2 is 1.29 bits per heavy atom. The highest BCUT2D eigenvalue weighted by Gasteiger charge is 2.17. The smallest absolute Gasteiger partial charge is 0.0519 e. The molecule has 31 heavy (non-hydrogen) atoms. The van der Waals surface area contributed by atoms with Crippen molar-refractivity contribution in [1.82, 2.24) is 0 Å². The van der Waals surface area contributed by atoms with E-state index in [-0.39, 0.29) is 0 Å². The van der Waals surface area contributed by atoms with Crippen molar-refractivity contribution in [3.8, 4) is 0 Å². The molecule has 1 heteroatoms. The molecule has 0 aliphatic carbocycles. The van der Waals surface area contributed by atoms with Crippen LogP contribution in [0.5, 0.6) is 0 Å². The molecule has 0 amide bonds. The van der Waals surface area contributed by atoms with Gasteiger partial charge < -0.3 is 4.90 Å². The van der Waals surface area contributed by atoms with E-state index in [4.69, 9.17) is 0 Å². The minimum absolute atomic E-state index is 1.12. The maximum Gasteiger partial charge on any atom is 0.0519 e. The molecule has 3 aromatic rings. The Bertz CT molecular complexity index is 938. The summed E-state index contributed by atoms with van der Waals surface area (Å²) in [5, 5.41) is 0. The van der Waals surface area contributed by atoms with Crippen LogP contribution in [0.4, 0.5) is 11.4 Å². The van der Waals surface area contributed by atoms with E-state index < -0.39 is 0 Å². The van der Waals surface area contributed by atoms with Gasteiger partial charge >= 0.3 is 0 Å². The van der Waals surface area contributed by atoms with E-state index in [1.165, 1.54) is 64.9 Å². The van der Waals surface area contributed by atoms with Crippen LogP contribution < -0.4 is 4.90 Å². The zero-order valence-electron chi connectivity index (χ0n) is 19.7. The van der Waals surface area contributed by atoms with Gasteiger partial charge in [0.2, 0.25) is 0 Å². The van der Waals surface area contributed by atoms with Crippen molar-refractivity contribution < 1.29 is 0 Å². The van der Waals surface area contributed by atoms with Crippen LogP contribution in [0.25, 0.3) is 6.08 Å². The monoisotopic (exact) mass is 411 g/mol. The summed E-state index contributed by atoms with van der Waals surface area (Å²) in [4.78, 5) is 2.41. The van der Waals surface area contributed by atoms with Crippen LogP contribution in [0.1, 0.15) is 67.3 Å². The van der Waals surface area contributed by atoms with E-state index in [1.54, 1.807) is 0 Å². The van der Waals surface area contributed by atoms with Crippen molar-refractivity contribution in [3.05, 3.63) is 101 Å². The standard InChI is InChI=1S/C30H37N/c1-5-7-12-27-22-25(4)23-28(13-8-6-2)30(27)31(29-14-10-9-11-15-29)21-20-26-18-16-24(3)17-19-26/h9-11,14-23H,5-8,12-13H2,1-4H3/b21-20+. The Hall–Kier alpha value is -2.80. The van der Waals surface area contributed by atoms with Gasteiger partial charge in [0.05, 0.1) is 5.69 Å². The predicted molar refractivity (Wildman–Crippen MR) is 137 cm³/mol. The zero-order valence-corrected chi connectivity index (χ0v) is 19.7. The van der Waals surface area contributed by atoms with Gasteiger partial charge in [-0.2, -0.15) is 0 Å². The molecule has 0 radical (unpaired) electrons. The van der Waals surface area contributed by atoms with Crippen LogP contribution in [-0.2, 0) is 12.8 Å². The molecule has 0 spiro atoms. The van der Waals surface area contributed by atoms with Crippen molar-refractivity contribution in [2.75, 3.05) is 4.90 Å². The van der Waals surface area contributed by atoms with Gasteiger partial charge in [-0.25, -0.2) is 0 Å². The number of benzene rings is 3. The molecule has 0 N–H and O–H groups in total. The molecule has 3 aromatic carbocycles. The second-order valence-electron chi connectivity index (χ2n) is 8.57. The van der Waals surface area contributed by atoms with Crippen LogP contribution in [0.2, 0.25) is 0 Å². The zero-order chi connectivity index (χ0) is 22.1. The summed E-state index contributed by atoms with van der Waals surface area (Å²) in [7, 11) is 0. The first-order chi connectivity index (χ1) is 15.1. The summed E-state index contributed by atoms with van der Waals surface area (Å²) in [6, 6.07) is 24.3. The molecule has 0 aliphatic rings. The Morgan fingerprint density at radius 1 is 0.710 bits per heavy atom. The highest BCUT2D eigenvalue weighted by atomic mass is 15.1. The molecule has 0 fully saturated rings. The SMILES string of the molecule is CCCCc1cc(C)cc(CCCC)c1N(/C=C/c1ccc(C)cc1)c1ccccc1. The molecule has 0 bridgehead atoms. The molecule has 162 valence electrons. The Kier molecular flexibility index (Phi) is 8.53. The second-order valence-corrected chi connectivity index (χ2v) is 8.57. The van der Waals surface area contributed by atoms with Gasteiger partial charge in [-0.1, -0.05) is 92.4 Å². The molecule has 0 aliphatic heterocycles. The van der Waals surface area contributed by atoms with Gasteiger partial charge in [0, 0.05) is 11.9 Å². The fraction of sp³-hybridized carbons (Fsp3) is 0.333. The summed E-state index contributed by atoms with van der Waals surface area (Å²) in [6.07, 6.45) is 11.6. The van der Waals surface area contributed by atoms with Crippen LogP contribution in [-0.4, -0.2) is 0 Å². The average molecular weight is 412 g/mol. The van der Waals surface area contributed by atoms with Crippen LogP contribution >= 0.6 is 0 Å². The highest BCUT2D eigenvalue weighted by molar-refractivity contribution is 5.75. The lowest BCUT2D eigenvalue weighted by molar-refractivity contribution is 0.778. The van der Waals surface area contributed by atoms with E-state index in [0.717, 1.165) is 12.8 Å². The van der Waals surface area contributed by atoms with Crippen molar-refractivity contribution in [2.24, 2.45) is 0 Å². The maximum atomic E-state index is 2.41. The Morgan fingerprint density at radius 3 is 1.84 bits per heavy atom. The number of hydrogen-bond donors (Lipinski definition) is 0. The number of aryl methyl sites for hydroxylation is 4. The van der Waals surface area contributed by atoms with Crippen LogP contribution in [0, 0.1) is 13.8 Å². The van der Waals surface area contributed by atoms with Gasteiger partial charge in [-0.05, 0) is 74.4 Å². The lowest BCUT2D eigenvalue weighted by Crippen LogP contribution is -2.14. The Labute approximate surface area is 189 Å². The van der Waals surface area contributed by atoms with Gasteiger partial charge in [-0.15, -0.1) is 0 Å². The minimum Gasteiger partial charge on any atom is -0.317 e. The van der Waals surface area contributed by atoms with Crippen molar-refractivity contribution in [2.45, 2.75) is 66.2 Å². The Balaban J connectivity index is 2.13. The third kappa shape index (κ3) is 6.34. The van der Waals surface area contributed by atoms with Crippen molar-refractivity contribution in [3.63, 3.8) is 0 Å². The lowest BCUT2D eigenvalue weighted by atomic mass is 9.95. The number of anilines is 2. The van der Waals surface area contributed by atoms with Gasteiger partial charge in [-0.3, -0.25) is 0 Å². The molecule has 0 saturated heterocycles. The second kappa shape index (κ2) is 11.6. The lowest BCUT2D eigenvalue weighted by Gasteiger charge is -2.28. The van der Waals surface area contributed by atoms with Gasteiger partial charge in [0.25, 0.3) is 0 Å². The van der Waals surface area contributed by atoms with E-state index in [0.29, 0.717) is 0 Å². The van der Waals surface area contributed by atoms with Crippen LogP contribution in [0.15, 0.2) is 72.9 Å². The first-order valence-corrected chi connectivity index (χ1v) is 11.8. The fourth-order valence-corrected chi connectivity index (χ4v) is 4.08. The highest BCUT2D eigenvalue weighted by Crippen LogP contribution is 2.36. The number of rotatable bonds is 10. The van der Waals surface area contributed by atoms with E-state index >= 15 is 0 Å². The topological polar surface area (TPSA) is 3.24 Å². The van der Waals surface area contributed by atoms with Gasteiger partial charge in [0.1, 0.15) is 0 Å². The first-order valence-electron chi connectivity index (χ1n) is 11.8. The van der Waals surface area contributed by atoms with E-state index in [1.807, 2.05) is 0 Å². The first kappa shape index (κ1) is 22.9. The summed E-state index contributed by atoms with van der Waals surface area (Å²) >= 11 is 0. The van der Waals surface area contributed by atoms with Crippen molar-refractivity contribution in [1.29, 1.82) is 0 Å². The minimum atomic E-state index is 1.12. The normalized spacial score (nSPS) is 11.2.